The van der Waals surface area contributed by atoms with Crippen LogP contribution in [0.25, 0.3) is 0 Å². The van der Waals surface area contributed by atoms with E-state index in [1.807, 2.05) is 6.92 Å². The highest BCUT2D eigenvalue weighted by Crippen LogP contribution is 2.31. The Labute approximate surface area is 109 Å². The molecule has 104 valence electrons. The van der Waals surface area contributed by atoms with Gasteiger partial charge in [-0.25, -0.2) is 4.98 Å². The molecule has 0 radical (unpaired) electrons. The van der Waals surface area contributed by atoms with Crippen molar-refractivity contribution < 1.29 is 13.2 Å². The molecule has 0 saturated carbocycles. The number of nitrogens with two attached hydrogens (primary N) is 1. The van der Waals surface area contributed by atoms with E-state index in [4.69, 9.17) is 5.73 Å². The van der Waals surface area contributed by atoms with Crippen LogP contribution in [0.3, 0.4) is 0 Å². The van der Waals surface area contributed by atoms with Crippen LogP contribution in [-0.4, -0.2) is 24.2 Å². The van der Waals surface area contributed by atoms with Gasteiger partial charge in [-0.1, -0.05) is 6.92 Å². The Morgan fingerprint density at radius 1 is 1.44 bits per heavy atom. The van der Waals surface area contributed by atoms with E-state index in [9.17, 15) is 13.2 Å². The standard InChI is InChI=1S/C11H18F3N3S/c1-4-5-17(6-11(12,13)14)10-16-8(3)9(18-10)7(2)15/h7H,4-6,15H2,1-3H3. The molecule has 1 aromatic heterocycles. The van der Waals surface area contributed by atoms with E-state index in [-0.39, 0.29) is 6.04 Å². The molecule has 0 spiro atoms. The molecule has 1 unspecified atom stereocenters. The van der Waals surface area contributed by atoms with Gasteiger partial charge in [-0.2, -0.15) is 13.2 Å². The normalized spacial score (nSPS) is 13.7. The maximum Gasteiger partial charge on any atom is 0.406 e. The van der Waals surface area contributed by atoms with Crippen LogP contribution in [0, 0.1) is 6.92 Å². The fourth-order valence-electron chi connectivity index (χ4n) is 1.68. The SMILES string of the molecule is CCCN(CC(F)(F)F)c1nc(C)c(C(C)N)s1. The maximum atomic E-state index is 12.5. The number of hydrogen-bond donors (Lipinski definition) is 1. The molecule has 1 atom stereocenters. The van der Waals surface area contributed by atoms with Gasteiger partial charge in [-0.3, -0.25) is 0 Å². The summed E-state index contributed by atoms with van der Waals surface area (Å²) in [4.78, 5) is 6.31. The van der Waals surface area contributed by atoms with E-state index in [0.717, 1.165) is 4.88 Å². The average molecular weight is 281 g/mol. The van der Waals surface area contributed by atoms with E-state index in [2.05, 4.69) is 4.98 Å². The van der Waals surface area contributed by atoms with Gasteiger partial charge in [0, 0.05) is 17.5 Å². The summed E-state index contributed by atoms with van der Waals surface area (Å²) in [6.07, 6.45) is -3.58. The summed E-state index contributed by atoms with van der Waals surface area (Å²) in [6, 6.07) is -0.203. The van der Waals surface area contributed by atoms with Crippen molar-refractivity contribution in [1.29, 1.82) is 0 Å². The van der Waals surface area contributed by atoms with Crippen LogP contribution in [-0.2, 0) is 0 Å². The number of halogens is 3. The summed E-state index contributed by atoms with van der Waals surface area (Å²) in [6.45, 7) is 4.79. The minimum Gasteiger partial charge on any atom is -0.339 e. The molecular formula is C11H18F3N3S. The molecule has 0 amide bonds. The van der Waals surface area contributed by atoms with Gasteiger partial charge < -0.3 is 10.6 Å². The predicted octanol–water partition coefficient (Wildman–Crippen LogP) is 3.25. The second-order valence-corrected chi connectivity index (χ2v) is 5.28. The zero-order chi connectivity index (χ0) is 13.9. The van der Waals surface area contributed by atoms with E-state index in [1.54, 1.807) is 13.8 Å². The van der Waals surface area contributed by atoms with Crippen LogP contribution in [0.15, 0.2) is 0 Å². The van der Waals surface area contributed by atoms with E-state index in [1.165, 1.54) is 16.2 Å². The molecule has 0 aliphatic rings. The zero-order valence-electron chi connectivity index (χ0n) is 10.7. The largest absolute Gasteiger partial charge is 0.406 e. The Balaban J connectivity index is 2.95. The second kappa shape index (κ2) is 5.88. The van der Waals surface area contributed by atoms with Crippen LogP contribution in [0.4, 0.5) is 18.3 Å². The van der Waals surface area contributed by atoms with Crippen molar-refractivity contribution in [1.82, 2.24) is 4.98 Å². The van der Waals surface area contributed by atoms with Crippen molar-refractivity contribution in [2.45, 2.75) is 39.4 Å². The minimum absolute atomic E-state index is 0.203. The van der Waals surface area contributed by atoms with Gasteiger partial charge in [-0.05, 0) is 20.3 Å². The van der Waals surface area contributed by atoms with Gasteiger partial charge in [0.25, 0.3) is 0 Å². The lowest BCUT2D eigenvalue weighted by Gasteiger charge is -2.22. The number of nitrogens with zero attached hydrogens (tertiary/aromatic N) is 2. The van der Waals surface area contributed by atoms with Crippen molar-refractivity contribution in [3.8, 4) is 0 Å². The molecule has 0 bridgehead atoms. The molecule has 1 rings (SSSR count). The van der Waals surface area contributed by atoms with Crippen LogP contribution in [0.1, 0.15) is 36.9 Å². The number of alkyl halides is 3. The van der Waals surface area contributed by atoms with Crippen molar-refractivity contribution >= 4 is 16.5 Å². The van der Waals surface area contributed by atoms with E-state index < -0.39 is 12.7 Å². The summed E-state index contributed by atoms with van der Waals surface area (Å²) >= 11 is 1.25. The number of rotatable bonds is 5. The van der Waals surface area contributed by atoms with Crippen molar-refractivity contribution in [2.24, 2.45) is 5.73 Å². The lowest BCUT2D eigenvalue weighted by atomic mass is 10.2. The summed E-state index contributed by atoms with van der Waals surface area (Å²) in [7, 11) is 0. The molecule has 1 aromatic rings. The first-order valence-corrected chi connectivity index (χ1v) is 6.60. The molecule has 3 nitrogen and oxygen atoms in total. The van der Waals surface area contributed by atoms with Crippen LogP contribution in [0.5, 0.6) is 0 Å². The number of hydrogen-bond acceptors (Lipinski definition) is 4. The molecule has 0 aromatic carbocycles. The molecule has 0 saturated heterocycles. The lowest BCUT2D eigenvalue weighted by Crippen LogP contribution is -2.34. The Bertz CT molecular complexity index is 387. The second-order valence-electron chi connectivity index (χ2n) is 4.27. The van der Waals surface area contributed by atoms with Crippen LogP contribution < -0.4 is 10.6 Å². The first kappa shape index (κ1) is 15.2. The Morgan fingerprint density at radius 2 is 2.06 bits per heavy atom. The third-order valence-corrected chi connectivity index (χ3v) is 3.79. The Morgan fingerprint density at radius 3 is 2.44 bits per heavy atom. The van der Waals surface area contributed by atoms with Crippen LogP contribution >= 0.6 is 11.3 Å². The topological polar surface area (TPSA) is 42.2 Å². The van der Waals surface area contributed by atoms with Crippen molar-refractivity contribution in [3.05, 3.63) is 10.6 Å². The highest BCUT2D eigenvalue weighted by molar-refractivity contribution is 7.15. The van der Waals surface area contributed by atoms with Gasteiger partial charge in [0.1, 0.15) is 6.54 Å². The maximum absolute atomic E-state index is 12.5. The molecule has 1 heterocycles. The zero-order valence-corrected chi connectivity index (χ0v) is 11.5. The summed E-state index contributed by atoms with van der Waals surface area (Å²) < 4.78 is 37.5. The van der Waals surface area contributed by atoms with Crippen LogP contribution in [0.2, 0.25) is 0 Å². The highest BCUT2D eigenvalue weighted by atomic mass is 32.1. The fraction of sp³-hybridized carbons (Fsp3) is 0.727. The Hall–Kier alpha value is -0.820. The quantitative estimate of drug-likeness (QED) is 0.901. The number of thiazole rings is 1. The number of anilines is 1. The molecule has 0 aliphatic carbocycles. The molecule has 0 aliphatic heterocycles. The average Bonchev–Trinajstić information content (AvgIpc) is 2.57. The van der Waals surface area contributed by atoms with Gasteiger partial charge in [0.05, 0.1) is 5.69 Å². The predicted molar refractivity (Wildman–Crippen MR) is 68.0 cm³/mol. The van der Waals surface area contributed by atoms with Crippen molar-refractivity contribution in [2.75, 3.05) is 18.0 Å². The van der Waals surface area contributed by atoms with E-state index in [0.29, 0.717) is 23.8 Å². The van der Waals surface area contributed by atoms with E-state index >= 15 is 0 Å². The van der Waals surface area contributed by atoms with Gasteiger partial charge in [0.15, 0.2) is 5.13 Å². The molecule has 18 heavy (non-hydrogen) atoms. The van der Waals surface area contributed by atoms with Gasteiger partial charge in [-0.15, -0.1) is 11.3 Å². The molecule has 7 heteroatoms. The third-order valence-electron chi connectivity index (χ3n) is 2.37. The minimum atomic E-state index is -4.22. The molecule has 2 N–H and O–H groups in total. The number of aryl methyl sites for hydroxylation is 1. The number of aromatic nitrogens is 1. The monoisotopic (exact) mass is 281 g/mol. The molecular weight excluding hydrogens is 263 g/mol. The Kier molecular flexibility index (Phi) is 4.98. The van der Waals surface area contributed by atoms with Crippen molar-refractivity contribution in [3.63, 3.8) is 0 Å². The lowest BCUT2D eigenvalue weighted by molar-refractivity contribution is -0.119. The van der Waals surface area contributed by atoms with Gasteiger partial charge in [0.2, 0.25) is 0 Å². The molecule has 0 fully saturated rings. The summed E-state index contributed by atoms with van der Waals surface area (Å²) in [5.41, 5.74) is 6.47. The summed E-state index contributed by atoms with van der Waals surface area (Å²) in [5.74, 6) is 0. The third kappa shape index (κ3) is 4.13. The fourth-order valence-corrected chi connectivity index (χ4v) is 2.72. The summed E-state index contributed by atoms with van der Waals surface area (Å²) in [5, 5.41) is 0.402. The van der Waals surface area contributed by atoms with Gasteiger partial charge >= 0.3 is 6.18 Å². The highest BCUT2D eigenvalue weighted by Gasteiger charge is 2.32. The smallest absolute Gasteiger partial charge is 0.339 e. The first-order chi connectivity index (χ1) is 8.24. The first-order valence-electron chi connectivity index (χ1n) is 5.79.